The lowest BCUT2D eigenvalue weighted by Crippen LogP contribution is -2.29. The summed E-state index contributed by atoms with van der Waals surface area (Å²) in [6.45, 7) is 3.74. The van der Waals surface area contributed by atoms with Crippen LogP contribution in [0.25, 0.3) is 0 Å². The zero-order chi connectivity index (χ0) is 34.7. The quantitative estimate of drug-likeness (QED) is 0.0371. The molecule has 0 amide bonds. The first-order valence-corrected chi connectivity index (χ1v) is 21.0. The number of carbonyl (C=O) groups is 2. The molecule has 0 radical (unpaired) electrons. The number of unbranched alkanes of at least 4 members (excludes halogenated alkanes) is 24. The SMILES string of the molecule is CCCCCCCCCCCCCCCCC(=O)O[C@H](COC(=O)CCCCCCCCCCCCCC)COP(=O)(O)OCCN. The normalized spacial score (nSPS) is 13.4. The van der Waals surface area contributed by atoms with Gasteiger partial charge in [-0.05, 0) is 12.8 Å². The maximum atomic E-state index is 12.5. The predicted molar refractivity (Wildman–Crippen MR) is 192 cm³/mol. The van der Waals surface area contributed by atoms with E-state index in [2.05, 4.69) is 13.8 Å². The van der Waals surface area contributed by atoms with Gasteiger partial charge in [-0.25, -0.2) is 4.57 Å². The number of esters is 2. The smallest absolute Gasteiger partial charge is 0.462 e. The van der Waals surface area contributed by atoms with Crippen LogP contribution in [0.2, 0.25) is 0 Å². The summed E-state index contributed by atoms with van der Waals surface area (Å²) in [6.07, 6.45) is 31.2. The van der Waals surface area contributed by atoms with Crippen LogP contribution < -0.4 is 5.73 Å². The Labute approximate surface area is 288 Å². The summed E-state index contributed by atoms with van der Waals surface area (Å²) in [4.78, 5) is 34.7. The molecule has 0 saturated carbocycles. The number of nitrogens with two attached hydrogens (primary N) is 1. The van der Waals surface area contributed by atoms with Crippen molar-refractivity contribution >= 4 is 19.8 Å². The average Bonchev–Trinajstić information content (AvgIpc) is 3.05. The van der Waals surface area contributed by atoms with Crippen LogP contribution in [0, 0.1) is 0 Å². The van der Waals surface area contributed by atoms with Gasteiger partial charge in [-0.2, -0.15) is 0 Å². The van der Waals surface area contributed by atoms with Gasteiger partial charge in [-0.1, -0.05) is 168 Å². The Hall–Kier alpha value is -0.990. The number of hydrogen-bond donors (Lipinski definition) is 2. The fraction of sp³-hybridized carbons (Fsp3) is 0.946. The fourth-order valence-electron chi connectivity index (χ4n) is 5.58. The molecule has 0 aromatic carbocycles. The number of rotatable bonds is 37. The first-order valence-electron chi connectivity index (χ1n) is 19.5. The zero-order valence-corrected chi connectivity index (χ0v) is 31.4. The summed E-state index contributed by atoms with van der Waals surface area (Å²) < 4.78 is 32.6. The van der Waals surface area contributed by atoms with Crippen LogP contribution in [0.1, 0.15) is 194 Å². The van der Waals surface area contributed by atoms with Crippen molar-refractivity contribution < 1.29 is 37.6 Å². The number of carbonyl (C=O) groups excluding carboxylic acids is 2. The molecular formula is C37H74NO8P. The number of phosphoric acid groups is 1. The minimum Gasteiger partial charge on any atom is -0.462 e. The van der Waals surface area contributed by atoms with E-state index in [9.17, 15) is 19.0 Å². The second kappa shape index (κ2) is 34.9. The van der Waals surface area contributed by atoms with Gasteiger partial charge >= 0.3 is 19.8 Å². The third-order valence-electron chi connectivity index (χ3n) is 8.49. The third kappa shape index (κ3) is 34.7. The molecule has 9 nitrogen and oxygen atoms in total. The molecule has 0 aliphatic carbocycles. The molecule has 0 aliphatic heterocycles. The van der Waals surface area contributed by atoms with Gasteiger partial charge < -0.3 is 20.1 Å². The summed E-state index contributed by atoms with van der Waals surface area (Å²) in [5.74, 6) is -0.818. The Morgan fingerprint density at radius 1 is 0.553 bits per heavy atom. The minimum absolute atomic E-state index is 0.0578. The molecule has 2 atom stereocenters. The molecule has 0 rings (SSSR count). The molecule has 0 aromatic rings. The highest BCUT2D eigenvalue weighted by molar-refractivity contribution is 7.47. The van der Waals surface area contributed by atoms with Crippen LogP contribution in [0.3, 0.4) is 0 Å². The average molecular weight is 692 g/mol. The van der Waals surface area contributed by atoms with Crippen molar-refractivity contribution in [3.05, 3.63) is 0 Å². The molecule has 1 unspecified atom stereocenters. The van der Waals surface area contributed by atoms with E-state index in [4.69, 9.17) is 24.3 Å². The molecule has 47 heavy (non-hydrogen) atoms. The van der Waals surface area contributed by atoms with Crippen LogP contribution in [-0.4, -0.2) is 49.3 Å². The van der Waals surface area contributed by atoms with Crippen molar-refractivity contribution in [2.45, 2.75) is 200 Å². The number of ether oxygens (including phenoxy) is 2. The van der Waals surface area contributed by atoms with Crippen molar-refractivity contribution in [3.8, 4) is 0 Å². The summed E-state index contributed by atoms with van der Waals surface area (Å²) in [5.41, 5.74) is 5.33. The van der Waals surface area contributed by atoms with E-state index >= 15 is 0 Å². The van der Waals surface area contributed by atoms with Crippen LogP contribution >= 0.6 is 7.82 Å². The summed E-state index contributed by atoms with van der Waals surface area (Å²) in [5, 5.41) is 0. The van der Waals surface area contributed by atoms with Crippen molar-refractivity contribution in [1.82, 2.24) is 0 Å². The third-order valence-corrected chi connectivity index (χ3v) is 9.48. The van der Waals surface area contributed by atoms with Crippen molar-refractivity contribution in [2.24, 2.45) is 5.73 Å². The first-order chi connectivity index (χ1) is 22.8. The van der Waals surface area contributed by atoms with E-state index in [1.54, 1.807) is 0 Å². The van der Waals surface area contributed by atoms with Gasteiger partial charge in [0.05, 0.1) is 13.2 Å². The standard InChI is InChI=1S/C37H74NO8P/c1-3-5-7-9-11-13-15-17-18-20-22-24-26-28-30-37(40)46-35(34-45-47(41,42)44-32-31-38)33-43-36(39)29-27-25-23-21-19-16-14-12-10-8-6-4-2/h35H,3-34,38H2,1-2H3,(H,41,42)/t35-/m1/s1. The van der Waals surface area contributed by atoms with Crippen LogP contribution in [0.4, 0.5) is 0 Å². The van der Waals surface area contributed by atoms with E-state index in [0.717, 1.165) is 32.1 Å². The minimum atomic E-state index is -4.36. The Balaban J connectivity index is 4.18. The summed E-state index contributed by atoms with van der Waals surface area (Å²) in [6, 6.07) is 0. The van der Waals surface area contributed by atoms with E-state index < -0.39 is 26.5 Å². The summed E-state index contributed by atoms with van der Waals surface area (Å²) in [7, 11) is -4.36. The lowest BCUT2D eigenvalue weighted by molar-refractivity contribution is -0.161. The predicted octanol–water partition coefficient (Wildman–Crippen LogP) is 10.5. The highest BCUT2D eigenvalue weighted by Gasteiger charge is 2.26. The molecule has 0 fully saturated rings. The van der Waals surface area contributed by atoms with Gasteiger partial charge in [0, 0.05) is 19.4 Å². The zero-order valence-electron chi connectivity index (χ0n) is 30.5. The number of phosphoric ester groups is 1. The lowest BCUT2D eigenvalue weighted by atomic mass is 10.0. The van der Waals surface area contributed by atoms with Crippen LogP contribution in [0.15, 0.2) is 0 Å². The molecule has 10 heteroatoms. The molecular weight excluding hydrogens is 617 g/mol. The first kappa shape index (κ1) is 46.0. The Morgan fingerprint density at radius 3 is 1.30 bits per heavy atom. The van der Waals surface area contributed by atoms with E-state index in [1.807, 2.05) is 0 Å². The Morgan fingerprint density at radius 2 is 0.915 bits per heavy atom. The van der Waals surface area contributed by atoms with Gasteiger partial charge in [0.25, 0.3) is 0 Å². The van der Waals surface area contributed by atoms with Crippen LogP contribution in [-0.2, 0) is 32.7 Å². The molecule has 0 saturated heterocycles. The fourth-order valence-corrected chi connectivity index (χ4v) is 6.34. The lowest BCUT2D eigenvalue weighted by Gasteiger charge is -2.19. The maximum absolute atomic E-state index is 12.5. The highest BCUT2D eigenvalue weighted by atomic mass is 31.2. The van der Waals surface area contributed by atoms with Gasteiger partial charge in [0.2, 0.25) is 0 Å². The molecule has 0 aromatic heterocycles. The molecule has 3 N–H and O–H groups in total. The van der Waals surface area contributed by atoms with E-state index in [0.29, 0.717) is 6.42 Å². The maximum Gasteiger partial charge on any atom is 0.472 e. The van der Waals surface area contributed by atoms with Crippen molar-refractivity contribution in [2.75, 3.05) is 26.4 Å². The Kier molecular flexibility index (Phi) is 34.1. The number of hydrogen-bond acceptors (Lipinski definition) is 8. The topological polar surface area (TPSA) is 134 Å². The molecule has 0 aliphatic rings. The Bertz CT molecular complexity index is 754. The molecule has 0 bridgehead atoms. The van der Waals surface area contributed by atoms with Crippen molar-refractivity contribution in [1.29, 1.82) is 0 Å². The van der Waals surface area contributed by atoms with E-state index in [1.165, 1.54) is 128 Å². The highest BCUT2D eigenvalue weighted by Crippen LogP contribution is 2.43. The van der Waals surface area contributed by atoms with Crippen molar-refractivity contribution in [3.63, 3.8) is 0 Å². The second-order valence-corrected chi connectivity index (χ2v) is 14.6. The summed E-state index contributed by atoms with van der Waals surface area (Å²) >= 11 is 0. The van der Waals surface area contributed by atoms with Gasteiger partial charge in [0.15, 0.2) is 6.10 Å². The molecule has 0 heterocycles. The van der Waals surface area contributed by atoms with E-state index in [-0.39, 0.29) is 38.6 Å². The monoisotopic (exact) mass is 692 g/mol. The largest absolute Gasteiger partial charge is 0.472 e. The van der Waals surface area contributed by atoms with Gasteiger partial charge in [0.1, 0.15) is 6.61 Å². The second-order valence-electron chi connectivity index (χ2n) is 13.2. The molecule has 0 spiro atoms. The van der Waals surface area contributed by atoms with Crippen LogP contribution in [0.5, 0.6) is 0 Å². The molecule has 280 valence electrons. The van der Waals surface area contributed by atoms with Gasteiger partial charge in [-0.15, -0.1) is 0 Å². The van der Waals surface area contributed by atoms with Gasteiger partial charge in [-0.3, -0.25) is 18.6 Å².